The molecule has 0 fully saturated rings. The summed E-state index contributed by atoms with van der Waals surface area (Å²) in [6.07, 6.45) is 5.97. The summed E-state index contributed by atoms with van der Waals surface area (Å²) in [5.74, 6) is 0.656. The Morgan fingerprint density at radius 2 is 2.04 bits per heavy atom. The number of ether oxygens (including phenoxy) is 1. The first kappa shape index (κ1) is 20.3. The van der Waals surface area contributed by atoms with E-state index in [-0.39, 0.29) is 12.3 Å². The third-order valence-corrected chi connectivity index (χ3v) is 4.72. The molecule has 0 aliphatic rings. The van der Waals surface area contributed by atoms with E-state index in [0.29, 0.717) is 5.02 Å². The minimum absolute atomic E-state index is 0.182. The van der Waals surface area contributed by atoms with Crippen LogP contribution in [0.3, 0.4) is 0 Å². The predicted molar refractivity (Wildman–Crippen MR) is 110 cm³/mol. The molecule has 0 spiro atoms. The number of rotatable bonds is 9. The van der Waals surface area contributed by atoms with Gasteiger partial charge in [-0.15, -0.1) is 11.8 Å². The summed E-state index contributed by atoms with van der Waals surface area (Å²) in [6, 6.07) is 13.2. The number of hydrogen-bond acceptors (Lipinski definition) is 4. The van der Waals surface area contributed by atoms with E-state index in [1.54, 1.807) is 18.0 Å². The number of halogens is 1. The summed E-state index contributed by atoms with van der Waals surface area (Å²) in [7, 11) is 0. The number of benzene rings is 2. The van der Waals surface area contributed by atoms with Crippen molar-refractivity contribution in [2.24, 2.45) is 5.10 Å². The van der Waals surface area contributed by atoms with E-state index < -0.39 is 0 Å². The molecule has 4 nitrogen and oxygen atoms in total. The Hall–Kier alpha value is -1.98. The van der Waals surface area contributed by atoms with Crippen LogP contribution in [0.5, 0.6) is 5.75 Å². The highest BCUT2D eigenvalue weighted by atomic mass is 35.5. The lowest BCUT2D eigenvalue weighted by Gasteiger charge is -2.07. The maximum Gasteiger partial charge on any atom is 0.244 e. The van der Waals surface area contributed by atoms with Gasteiger partial charge < -0.3 is 4.74 Å². The van der Waals surface area contributed by atoms with E-state index in [4.69, 9.17) is 16.3 Å². The predicted octanol–water partition coefficient (Wildman–Crippen LogP) is 4.93. The average molecular weight is 391 g/mol. The molecular formula is C20H23ClN2O2S. The number of thioether (sulfide) groups is 1. The fourth-order valence-electron chi connectivity index (χ4n) is 2.26. The fourth-order valence-corrected chi connectivity index (χ4v) is 3.05. The molecule has 2 aromatic rings. The van der Waals surface area contributed by atoms with Crippen molar-refractivity contribution >= 4 is 35.5 Å². The highest BCUT2D eigenvalue weighted by Gasteiger charge is 2.08. The SMILES string of the molecule is CCCCOc1ccc(/C=N\NC(=O)Cc2cc(Cl)ccc2SC)cc1. The molecule has 2 rings (SSSR count). The first-order valence-corrected chi connectivity index (χ1v) is 10.1. The van der Waals surface area contributed by atoms with Crippen LogP contribution < -0.4 is 10.2 Å². The Morgan fingerprint density at radius 1 is 1.27 bits per heavy atom. The van der Waals surface area contributed by atoms with Gasteiger partial charge in [0.25, 0.3) is 0 Å². The van der Waals surface area contributed by atoms with Gasteiger partial charge >= 0.3 is 0 Å². The number of carbonyl (C=O) groups is 1. The molecule has 0 saturated carbocycles. The molecule has 0 aliphatic carbocycles. The van der Waals surface area contributed by atoms with Crippen LogP contribution in [0.2, 0.25) is 5.02 Å². The van der Waals surface area contributed by atoms with E-state index in [2.05, 4.69) is 17.5 Å². The Labute approximate surface area is 164 Å². The molecule has 1 N–H and O–H groups in total. The topological polar surface area (TPSA) is 50.7 Å². The van der Waals surface area contributed by atoms with Crippen LogP contribution in [0.1, 0.15) is 30.9 Å². The molecule has 138 valence electrons. The first-order valence-electron chi connectivity index (χ1n) is 8.49. The van der Waals surface area contributed by atoms with Crippen molar-refractivity contribution in [2.45, 2.75) is 31.1 Å². The molecule has 2 aromatic carbocycles. The van der Waals surface area contributed by atoms with Crippen LogP contribution in [-0.2, 0) is 11.2 Å². The largest absolute Gasteiger partial charge is 0.494 e. The van der Waals surface area contributed by atoms with Gasteiger partial charge in [-0.3, -0.25) is 4.79 Å². The zero-order valence-corrected chi connectivity index (χ0v) is 16.6. The van der Waals surface area contributed by atoms with Crippen molar-refractivity contribution in [1.29, 1.82) is 0 Å². The molecule has 0 heterocycles. The lowest BCUT2D eigenvalue weighted by Crippen LogP contribution is -2.20. The van der Waals surface area contributed by atoms with E-state index >= 15 is 0 Å². The maximum atomic E-state index is 12.1. The highest BCUT2D eigenvalue weighted by Crippen LogP contribution is 2.24. The lowest BCUT2D eigenvalue weighted by molar-refractivity contribution is -0.120. The van der Waals surface area contributed by atoms with Crippen LogP contribution in [0.25, 0.3) is 0 Å². The number of unbranched alkanes of at least 4 members (excludes halogenated alkanes) is 1. The van der Waals surface area contributed by atoms with Crippen molar-refractivity contribution < 1.29 is 9.53 Å². The Kier molecular flexibility index (Phi) is 8.51. The fraction of sp³-hybridized carbons (Fsp3) is 0.300. The molecule has 6 heteroatoms. The third-order valence-electron chi connectivity index (χ3n) is 3.64. The third kappa shape index (κ3) is 6.73. The van der Waals surface area contributed by atoms with Crippen LogP contribution in [0.4, 0.5) is 0 Å². The van der Waals surface area contributed by atoms with Gasteiger partial charge in [0.15, 0.2) is 0 Å². The van der Waals surface area contributed by atoms with Crippen molar-refractivity contribution in [3.05, 3.63) is 58.6 Å². The minimum Gasteiger partial charge on any atom is -0.494 e. The smallest absolute Gasteiger partial charge is 0.244 e. The number of hydrogen-bond donors (Lipinski definition) is 1. The van der Waals surface area contributed by atoms with Crippen molar-refractivity contribution in [1.82, 2.24) is 5.43 Å². The summed E-state index contributed by atoms with van der Waals surface area (Å²) in [5.41, 5.74) is 4.34. The minimum atomic E-state index is -0.182. The van der Waals surface area contributed by atoms with Crippen LogP contribution in [0, 0.1) is 0 Å². The van der Waals surface area contributed by atoms with E-state index in [1.807, 2.05) is 48.7 Å². The molecule has 0 unspecified atom stereocenters. The van der Waals surface area contributed by atoms with Crippen LogP contribution in [0.15, 0.2) is 52.5 Å². The average Bonchev–Trinajstić information content (AvgIpc) is 2.63. The molecule has 0 bridgehead atoms. The number of hydrazone groups is 1. The number of amides is 1. The molecule has 0 aliphatic heterocycles. The van der Waals surface area contributed by atoms with E-state index in [1.165, 1.54) is 0 Å². The zero-order chi connectivity index (χ0) is 18.8. The second kappa shape index (κ2) is 10.9. The summed E-state index contributed by atoms with van der Waals surface area (Å²) < 4.78 is 5.61. The number of nitrogens with one attached hydrogen (secondary N) is 1. The van der Waals surface area contributed by atoms with Gasteiger partial charge in [0.2, 0.25) is 5.91 Å². The van der Waals surface area contributed by atoms with Crippen molar-refractivity contribution in [3.8, 4) is 5.75 Å². The summed E-state index contributed by atoms with van der Waals surface area (Å²) in [6.45, 7) is 2.85. The second-order valence-corrected chi connectivity index (χ2v) is 6.98. The first-order chi connectivity index (χ1) is 12.6. The van der Waals surface area contributed by atoms with Gasteiger partial charge in [0.1, 0.15) is 5.75 Å². The molecule has 0 aromatic heterocycles. The summed E-state index contributed by atoms with van der Waals surface area (Å²) in [4.78, 5) is 13.1. The Bertz CT molecular complexity index is 748. The maximum absolute atomic E-state index is 12.1. The zero-order valence-electron chi connectivity index (χ0n) is 15.0. The van der Waals surface area contributed by atoms with Crippen molar-refractivity contribution in [2.75, 3.05) is 12.9 Å². The van der Waals surface area contributed by atoms with Gasteiger partial charge in [-0.25, -0.2) is 5.43 Å². The Morgan fingerprint density at radius 3 is 2.73 bits per heavy atom. The molecule has 26 heavy (non-hydrogen) atoms. The Balaban J connectivity index is 1.86. The molecule has 0 atom stereocenters. The second-order valence-electron chi connectivity index (χ2n) is 5.70. The van der Waals surface area contributed by atoms with Crippen LogP contribution >= 0.6 is 23.4 Å². The highest BCUT2D eigenvalue weighted by molar-refractivity contribution is 7.98. The van der Waals surface area contributed by atoms with E-state index in [9.17, 15) is 4.79 Å². The lowest BCUT2D eigenvalue weighted by atomic mass is 10.1. The van der Waals surface area contributed by atoms with Gasteiger partial charge in [-0.2, -0.15) is 5.10 Å². The monoisotopic (exact) mass is 390 g/mol. The standard InChI is InChI=1S/C20H23ClN2O2S/c1-3-4-11-25-18-8-5-15(6-9-18)14-22-23-20(24)13-16-12-17(21)7-10-19(16)26-2/h5-10,12,14H,3-4,11,13H2,1-2H3,(H,23,24)/b22-14-. The quantitative estimate of drug-likeness (QED) is 0.286. The summed E-state index contributed by atoms with van der Waals surface area (Å²) >= 11 is 7.60. The van der Waals surface area contributed by atoms with E-state index in [0.717, 1.165) is 41.2 Å². The summed E-state index contributed by atoms with van der Waals surface area (Å²) in [5, 5.41) is 4.64. The molecule has 0 saturated heterocycles. The van der Waals surface area contributed by atoms with Gasteiger partial charge in [-0.1, -0.05) is 24.9 Å². The molecular weight excluding hydrogens is 368 g/mol. The number of carbonyl (C=O) groups excluding carboxylic acids is 1. The normalized spacial score (nSPS) is 10.9. The number of nitrogens with zero attached hydrogens (tertiary/aromatic N) is 1. The van der Waals surface area contributed by atoms with Gasteiger partial charge in [0, 0.05) is 9.92 Å². The van der Waals surface area contributed by atoms with Gasteiger partial charge in [0.05, 0.1) is 19.2 Å². The molecule has 1 amide bonds. The van der Waals surface area contributed by atoms with Gasteiger partial charge in [-0.05, 0) is 66.3 Å². The van der Waals surface area contributed by atoms with Crippen LogP contribution in [-0.4, -0.2) is 25.0 Å². The van der Waals surface area contributed by atoms with Crippen molar-refractivity contribution in [3.63, 3.8) is 0 Å². The molecule has 0 radical (unpaired) electrons.